The van der Waals surface area contributed by atoms with Crippen molar-refractivity contribution in [3.8, 4) is 0 Å². The molecule has 1 N–H and O–H groups in total. The standard InChI is InChI=1S/C12H15OSi.2ClH.Zr/c1-14(2,13)12-9-5-8-11(12)10-6-3-4-7-10;;;/h3,5-6,9,13H,4,8H2,1-2H3;2*1H;/q-1;;;+3/p-2. The second kappa shape index (κ2) is 7.91. The summed E-state index contributed by atoms with van der Waals surface area (Å²) in [5.74, 6) is 0. The zero-order valence-corrected chi connectivity index (χ0v) is 14.9. The minimum atomic E-state index is -2.16. The van der Waals surface area contributed by atoms with Crippen molar-refractivity contribution in [1.82, 2.24) is 0 Å². The first-order chi connectivity index (χ1) is 6.59. The Bertz CT molecular complexity index is 378. The molecule has 0 saturated heterocycles. The van der Waals surface area contributed by atoms with Crippen LogP contribution in [-0.2, 0) is 26.2 Å². The van der Waals surface area contributed by atoms with E-state index < -0.39 is 8.32 Å². The summed E-state index contributed by atoms with van der Waals surface area (Å²) >= 11 is 0. The molecular weight excluding hydrogens is 350 g/mol. The van der Waals surface area contributed by atoms with Gasteiger partial charge in [-0.2, -0.15) is 17.7 Å². The predicted molar refractivity (Wildman–Crippen MR) is 61.0 cm³/mol. The Kier molecular flexibility index (Phi) is 9.27. The number of halogens is 2. The number of allylic oxidation sites excluding steroid dienone is 8. The Labute approximate surface area is 136 Å². The van der Waals surface area contributed by atoms with Crippen LogP contribution in [-0.4, -0.2) is 13.1 Å². The molecule has 2 aliphatic rings. The maximum atomic E-state index is 10.1. The summed E-state index contributed by atoms with van der Waals surface area (Å²) in [5.41, 5.74) is 2.48. The van der Waals surface area contributed by atoms with E-state index in [9.17, 15) is 4.80 Å². The predicted octanol–water partition coefficient (Wildman–Crippen LogP) is -3.33. The van der Waals surface area contributed by atoms with Gasteiger partial charge in [-0.15, -0.1) is 11.6 Å². The fourth-order valence-corrected chi connectivity index (χ4v) is 3.45. The molecule has 2 rings (SSSR count). The Balaban J connectivity index is 0. The van der Waals surface area contributed by atoms with E-state index >= 15 is 0 Å². The largest absolute Gasteiger partial charge is 3.00 e. The summed E-state index contributed by atoms with van der Waals surface area (Å²) < 4.78 is 0. The first-order valence-electron chi connectivity index (χ1n) is 4.99. The molecule has 2 aliphatic carbocycles. The Hall–Kier alpha value is 0.600. The second-order valence-corrected chi connectivity index (χ2v) is 7.91. The average molecular weight is 365 g/mol. The third kappa shape index (κ3) is 4.65. The van der Waals surface area contributed by atoms with Gasteiger partial charge in [-0.1, -0.05) is 30.2 Å². The minimum Gasteiger partial charge on any atom is -1.00 e. The third-order valence-corrected chi connectivity index (χ3v) is 4.40. The van der Waals surface area contributed by atoms with Crippen LogP contribution in [0.2, 0.25) is 13.1 Å². The van der Waals surface area contributed by atoms with Crippen LogP contribution in [0.15, 0.2) is 40.6 Å². The van der Waals surface area contributed by atoms with Crippen LogP contribution in [0.1, 0.15) is 12.8 Å². The molecule has 0 heterocycles. The maximum Gasteiger partial charge on any atom is 3.00 e. The van der Waals surface area contributed by atoms with Crippen molar-refractivity contribution in [2.24, 2.45) is 0 Å². The zero-order valence-electron chi connectivity index (χ0n) is 9.93. The molecule has 1 radical (unpaired) electrons. The summed E-state index contributed by atoms with van der Waals surface area (Å²) in [4.78, 5) is 10.1. The van der Waals surface area contributed by atoms with E-state index in [0.29, 0.717) is 0 Å². The van der Waals surface area contributed by atoms with E-state index in [1.54, 1.807) is 0 Å². The molecule has 17 heavy (non-hydrogen) atoms. The molecule has 0 spiro atoms. The van der Waals surface area contributed by atoms with Crippen LogP contribution in [0, 0.1) is 6.08 Å². The van der Waals surface area contributed by atoms with Crippen molar-refractivity contribution in [1.29, 1.82) is 0 Å². The first kappa shape index (κ1) is 19.9. The number of hydrogen-bond donors (Lipinski definition) is 1. The van der Waals surface area contributed by atoms with Gasteiger partial charge in [-0.3, -0.25) is 0 Å². The molecule has 0 aromatic carbocycles. The quantitative estimate of drug-likeness (QED) is 0.401. The first-order valence-corrected chi connectivity index (χ1v) is 7.94. The van der Waals surface area contributed by atoms with Crippen molar-refractivity contribution in [2.45, 2.75) is 25.9 Å². The molecule has 1 nitrogen and oxygen atoms in total. The molecule has 91 valence electrons. The number of rotatable bonds is 2. The van der Waals surface area contributed by atoms with Gasteiger partial charge in [0, 0.05) is 0 Å². The van der Waals surface area contributed by atoms with Gasteiger partial charge >= 0.3 is 26.2 Å². The van der Waals surface area contributed by atoms with Crippen LogP contribution < -0.4 is 24.8 Å². The van der Waals surface area contributed by atoms with Crippen molar-refractivity contribution in [2.75, 3.05) is 0 Å². The van der Waals surface area contributed by atoms with Crippen LogP contribution >= 0.6 is 0 Å². The summed E-state index contributed by atoms with van der Waals surface area (Å²) in [5, 5.41) is 1.17. The van der Waals surface area contributed by atoms with E-state index in [1.807, 2.05) is 13.1 Å². The molecule has 0 fully saturated rings. The van der Waals surface area contributed by atoms with Gasteiger partial charge in [0.05, 0.1) is 0 Å². The Morgan fingerprint density at radius 2 is 1.82 bits per heavy atom. The normalized spacial score (nSPS) is 17.2. The SMILES string of the molecule is C[Si](C)(O)C1=C(C2=[C-]CC=C2)CC=C1.[Cl-].[Cl-].[Zr+3]. The van der Waals surface area contributed by atoms with E-state index in [4.69, 9.17) is 0 Å². The smallest absolute Gasteiger partial charge is 1.00 e. The molecule has 0 atom stereocenters. The van der Waals surface area contributed by atoms with Crippen molar-refractivity contribution in [3.63, 3.8) is 0 Å². The average Bonchev–Trinajstić information content (AvgIpc) is 2.73. The van der Waals surface area contributed by atoms with Crippen LogP contribution in [0.5, 0.6) is 0 Å². The van der Waals surface area contributed by atoms with Crippen molar-refractivity contribution in [3.05, 3.63) is 46.7 Å². The van der Waals surface area contributed by atoms with E-state index in [1.165, 1.54) is 16.3 Å². The zero-order chi connectivity index (χ0) is 10.2. The molecule has 0 aromatic rings. The summed E-state index contributed by atoms with van der Waals surface area (Å²) in [7, 11) is -2.16. The monoisotopic (exact) mass is 363 g/mol. The van der Waals surface area contributed by atoms with Crippen molar-refractivity contribution >= 4 is 8.32 Å². The van der Waals surface area contributed by atoms with E-state index in [2.05, 4.69) is 30.4 Å². The van der Waals surface area contributed by atoms with Crippen molar-refractivity contribution < 1.29 is 55.8 Å². The summed E-state index contributed by atoms with van der Waals surface area (Å²) in [6.07, 6.45) is 13.6. The van der Waals surface area contributed by atoms with Gasteiger partial charge in [0.1, 0.15) is 0 Å². The van der Waals surface area contributed by atoms with Crippen LogP contribution in [0.3, 0.4) is 0 Å². The van der Waals surface area contributed by atoms with Gasteiger partial charge in [-0.05, 0) is 13.1 Å². The van der Waals surface area contributed by atoms with Crippen LogP contribution in [0.25, 0.3) is 0 Å². The maximum absolute atomic E-state index is 10.1. The minimum absolute atomic E-state index is 0. The molecule has 0 amide bonds. The molecule has 0 aromatic heterocycles. The molecular formula is C12H15Cl2OSiZr. The van der Waals surface area contributed by atoms with Gasteiger partial charge in [0.15, 0.2) is 0 Å². The second-order valence-electron chi connectivity index (χ2n) is 4.25. The Morgan fingerprint density at radius 1 is 1.18 bits per heavy atom. The molecule has 5 heteroatoms. The number of hydrogen-bond acceptors (Lipinski definition) is 1. The molecule has 0 aliphatic heterocycles. The van der Waals surface area contributed by atoms with Gasteiger partial charge in [0.2, 0.25) is 8.32 Å². The third-order valence-electron chi connectivity index (χ3n) is 2.61. The molecule has 0 bridgehead atoms. The fourth-order valence-electron chi connectivity index (χ4n) is 1.95. The van der Waals surface area contributed by atoms with E-state index in [-0.39, 0.29) is 51.0 Å². The van der Waals surface area contributed by atoms with E-state index in [0.717, 1.165) is 12.8 Å². The topological polar surface area (TPSA) is 20.2 Å². The fraction of sp³-hybridized carbons (Fsp3) is 0.333. The molecule has 0 unspecified atom stereocenters. The van der Waals surface area contributed by atoms with Crippen LogP contribution in [0.4, 0.5) is 0 Å². The van der Waals surface area contributed by atoms with Gasteiger partial charge in [0.25, 0.3) is 0 Å². The molecule has 0 saturated carbocycles. The van der Waals surface area contributed by atoms with Gasteiger partial charge in [-0.25, -0.2) is 0 Å². The summed E-state index contributed by atoms with van der Waals surface area (Å²) in [6, 6.07) is 0. The summed E-state index contributed by atoms with van der Waals surface area (Å²) in [6.45, 7) is 3.94. The Morgan fingerprint density at radius 3 is 2.29 bits per heavy atom. The van der Waals surface area contributed by atoms with Gasteiger partial charge < -0.3 is 29.6 Å².